The summed E-state index contributed by atoms with van der Waals surface area (Å²) in [5, 5.41) is 3.86. The summed E-state index contributed by atoms with van der Waals surface area (Å²) in [6.07, 6.45) is 0. The first-order valence-electron chi connectivity index (χ1n) is 7.74. The molecule has 0 saturated heterocycles. The highest BCUT2D eigenvalue weighted by Crippen LogP contribution is 2.44. The van der Waals surface area contributed by atoms with E-state index in [0.717, 1.165) is 0 Å². The van der Waals surface area contributed by atoms with Crippen LogP contribution in [0.4, 0.5) is 0 Å². The summed E-state index contributed by atoms with van der Waals surface area (Å²) in [6, 6.07) is 26.8. The Kier molecular flexibility index (Phi) is 5.22. The predicted octanol–water partition coefficient (Wildman–Crippen LogP) is 3.72. The van der Waals surface area contributed by atoms with Gasteiger partial charge in [0.15, 0.2) is 11.9 Å². The number of rotatable bonds is 4. The molecule has 0 heterocycles. The minimum absolute atomic E-state index is 0.0405. The normalized spacial score (nSPS) is 10.9. The summed E-state index contributed by atoms with van der Waals surface area (Å²) in [4.78, 5) is 12.4. The van der Waals surface area contributed by atoms with Crippen molar-refractivity contribution in [1.29, 1.82) is 0 Å². The molecule has 3 aromatic rings. The maximum Gasteiger partial charge on any atom is 0.256 e. The third kappa shape index (κ3) is 3.60. The number of hydrogen-bond donors (Lipinski definition) is 1. The van der Waals surface area contributed by atoms with Gasteiger partial charge in [-0.15, -0.1) is 0 Å². The van der Waals surface area contributed by atoms with Crippen LogP contribution in [0.5, 0.6) is 0 Å². The van der Waals surface area contributed by atoms with Gasteiger partial charge in [-0.25, -0.2) is 0 Å². The van der Waals surface area contributed by atoms with Crippen LogP contribution in [0.1, 0.15) is 10.4 Å². The van der Waals surface area contributed by atoms with Crippen molar-refractivity contribution in [2.75, 3.05) is 0 Å². The number of carbonyl (C=O) groups excluding carboxylic acids is 1. The van der Waals surface area contributed by atoms with Gasteiger partial charge in [-0.3, -0.25) is 4.79 Å². The lowest BCUT2D eigenvalue weighted by molar-refractivity contribution is 0.0978. The first kappa shape index (κ1) is 17.3. The number of nitrogens with one attached hydrogen (secondary N) is 1. The second-order valence-corrected chi connectivity index (χ2v) is 8.82. The van der Waals surface area contributed by atoms with E-state index in [1.165, 1.54) is 0 Å². The van der Waals surface area contributed by atoms with E-state index in [9.17, 15) is 9.36 Å². The molecule has 0 unspecified atom stereocenters. The Balaban J connectivity index is 2.00. The molecule has 3 rings (SSSR count). The smallest absolute Gasteiger partial charge is 0.256 e. The summed E-state index contributed by atoms with van der Waals surface area (Å²) in [7, 11) is -3.29. The summed E-state index contributed by atoms with van der Waals surface area (Å²) < 4.78 is 14.0. The Morgan fingerprint density at radius 1 is 0.720 bits per heavy atom. The van der Waals surface area contributed by atoms with E-state index in [0.29, 0.717) is 16.2 Å². The number of amides is 1. The molecule has 0 aliphatic carbocycles. The molecule has 124 valence electrons. The molecule has 5 heteroatoms. The van der Waals surface area contributed by atoms with Crippen LogP contribution in [0.3, 0.4) is 0 Å². The van der Waals surface area contributed by atoms with Crippen LogP contribution in [0.2, 0.25) is 0 Å². The standard InChI is InChI=1S/C20H16NO2PS/c22-19(16-10-4-1-5-11-16)21-20(25)24(23,17-12-6-2-7-13-17)18-14-8-3-9-15-18/h1-15H,(H,21,22,25). The fourth-order valence-electron chi connectivity index (χ4n) is 2.50. The Morgan fingerprint density at radius 3 is 1.56 bits per heavy atom. The van der Waals surface area contributed by atoms with E-state index in [-0.39, 0.29) is 10.6 Å². The monoisotopic (exact) mass is 365 g/mol. The first-order valence-corrected chi connectivity index (χ1v) is 9.86. The highest BCUT2D eigenvalue weighted by molar-refractivity contribution is 8.07. The minimum Gasteiger partial charge on any atom is -0.310 e. The SMILES string of the molecule is O=C(NC(=S)P(=O)(c1ccccc1)c1ccccc1)c1ccccc1. The molecule has 1 N–H and O–H groups in total. The van der Waals surface area contributed by atoms with E-state index in [1.807, 2.05) is 42.5 Å². The van der Waals surface area contributed by atoms with Gasteiger partial charge < -0.3 is 9.88 Å². The van der Waals surface area contributed by atoms with Crippen LogP contribution in [0.15, 0.2) is 91.0 Å². The van der Waals surface area contributed by atoms with Crippen molar-refractivity contribution < 1.29 is 9.36 Å². The van der Waals surface area contributed by atoms with Gasteiger partial charge in [0.25, 0.3) is 5.91 Å². The van der Waals surface area contributed by atoms with Gasteiger partial charge in [0.05, 0.1) is 0 Å². The topological polar surface area (TPSA) is 46.2 Å². The van der Waals surface area contributed by atoms with Crippen LogP contribution < -0.4 is 15.9 Å². The number of thiocarbonyl (C=S) groups is 1. The van der Waals surface area contributed by atoms with Crippen LogP contribution >= 0.6 is 19.4 Å². The fourth-order valence-corrected chi connectivity index (χ4v) is 5.43. The van der Waals surface area contributed by atoms with E-state index < -0.39 is 7.14 Å². The van der Waals surface area contributed by atoms with E-state index >= 15 is 0 Å². The Morgan fingerprint density at radius 2 is 1.12 bits per heavy atom. The highest BCUT2D eigenvalue weighted by Gasteiger charge is 2.33. The second-order valence-electron chi connectivity index (χ2n) is 5.41. The molecule has 1 amide bonds. The van der Waals surface area contributed by atoms with Gasteiger partial charge in [-0.05, 0) is 12.1 Å². The molecule has 0 radical (unpaired) electrons. The number of benzene rings is 3. The minimum atomic E-state index is -3.29. The first-order chi connectivity index (χ1) is 12.1. The Bertz CT molecular complexity index is 884. The van der Waals surface area contributed by atoms with Crippen molar-refractivity contribution in [2.45, 2.75) is 0 Å². The van der Waals surface area contributed by atoms with Crippen LogP contribution in [0, 0.1) is 0 Å². The van der Waals surface area contributed by atoms with Gasteiger partial charge in [-0.1, -0.05) is 91.1 Å². The molecule has 0 saturated carbocycles. The maximum absolute atomic E-state index is 13.9. The lowest BCUT2D eigenvalue weighted by atomic mass is 10.2. The molecule has 25 heavy (non-hydrogen) atoms. The van der Waals surface area contributed by atoms with E-state index in [2.05, 4.69) is 5.32 Å². The zero-order chi connectivity index (χ0) is 17.7. The molecular weight excluding hydrogens is 349 g/mol. The fraction of sp³-hybridized carbons (Fsp3) is 0. The van der Waals surface area contributed by atoms with Gasteiger partial charge in [0, 0.05) is 16.2 Å². The molecule has 0 bridgehead atoms. The van der Waals surface area contributed by atoms with E-state index in [4.69, 9.17) is 12.2 Å². The molecule has 3 nitrogen and oxygen atoms in total. The summed E-state index contributed by atoms with van der Waals surface area (Å²) in [5.41, 5.74) is 0.470. The molecule has 0 aliphatic rings. The summed E-state index contributed by atoms with van der Waals surface area (Å²) >= 11 is 5.43. The molecule has 0 aromatic heterocycles. The van der Waals surface area contributed by atoms with Crippen molar-refractivity contribution in [3.05, 3.63) is 96.6 Å². The maximum atomic E-state index is 13.9. The quantitative estimate of drug-likeness (QED) is 0.566. The molecular formula is C20H16NO2PS. The average molecular weight is 365 g/mol. The third-order valence-electron chi connectivity index (χ3n) is 3.78. The Hall–Kier alpha value is -2.55. The van der Waals surface area contributed by atoms with Crippen molar-refractivity contribution in [1.82, 2.24) is 5.32 Å². The van der Waals surface area contributed by atoms with Crippen molar-refractivity contribution in [3.63, 3.8) is 0 Å². The second kappa shape index (κ2) is 7.56. The Labute approximate surface area is 152 Å². The summed E-state index contributed by atoms with van der Waals surface area (Å²) in [6.45, 7) is 0. The molecule has 0 fully saturated rings. The number of hydrogen-bond acceptors (Lipinski definition) is 3. The molecule has 0 aliphatic heterocycles. The van der Waals surface area contributed by atoms with Crippen LogP contribution in [-0.2, 0) is 4.57 Å². The molecule has 0 spiro atoms. The highest BCUT2D eigenvalue weighted by atomic mass is 32.1. The summed E-state index contributed by atoms with van der Waals surface area (Å²) in [5.74, 6) is -0.363. The van der Waals surface area contributed by atoms with Crippen LogP contribution in [-0.4, -0.2) is 10.6 Å². The number of carbonyl (C=O) groups is 1. The van der Waals surface area contributed by atoms with E-state index in [1.54, 1.807) is 48.5 Å². The molecule has 3 aromatic carbocycles. The van der Waals surface area contributed by atoms with Crippen LogP contribution in [0.25, 0.3) is 0 Å². The lowest BCUT2D eigenvalue weighted by Crippen LogP contribution is -2.35. The predicted molar refractivity (Wildman–Crippen MR) is 106 cm³/mol. The van der Waals surface area contributed by atoms with Gasteiger partial charge in [-0.2, -0.15) is 0 Å². The van der Waals surface area contributed by atoms with Gasteiger partial charge in [0.1, 0.15) is 0 Å². The van der Waals surface area contributed by atoms with Crippen molar-refractivity contribution in [2.24, 2.45) is 0 Å². The van der Waals surface area contributed by atoms with Crippen molar-refractivity contribution in [3.8, 4) is 0 Å². The zero-order valence-corrected chi connectivity index (χ0v) is 15.0. The lowest BCUT2D eigenvalue weighted by Gasteiger charge is -2.20. The zero-order valence-electron chi connectivity index (χ0n) is 13.3. The largest absolute Gasteiger partial charge is 0.310 e. The molecule has 0 atom stereocenters. The van der Waals surface area contributed by atoms with Gasteiger partial charge in [0.2, 0.25) is 0 Å². The van der Waals surface area contributed by atoms with Gasteiger partial charge >= 0.3 is 0 Å². The third-order valence-corrected chi connectivity index (χ3v) is 7.39. The van der Waals surface area contributed by atoms with Crippen molar-refractivity contribution >= 4 is 40.6 Å². The average Bonchev–Trinajstić information content (AvgIpc) is 2.69.